The van der Waals surface area contributed by atoms with Gasteiger partial charge in [0.1, 0.15) is 11.6 Å². The highest BCUT2D eigenvalue weighted by molar-refractivity contribution is 6.05. The molecule has 1 aliphatic rings. The van der Waals surface area contributed by atoms with Crippen molar-refractivity contribution in [3.8, 4) is 5.75 Å². The Kier molecular flexibility index (Phi) is 9.18. The van der Waals surface area contributed by atoms with Crippen LogP contribution in [0, 0.1) is 0 Å². The average molecular weight is 413 g/mol. The number of methoxy groups -OCH3 is 1. The van der Waals surface area contributed by atoms with Crippen LogP contribution in [0.5, 0.6) is 5.75 Å². The van der Waals surface area contributed by atoms with E-state index in [0.29, 0.717) is 22.7 Å². The molecule has 1 amide bonds. The van der Waals surface area contributed by atoms with Gasteiger partial charge in [-0.25, -0.2) is 4.98 Å². The van der Waals surface area contributed by atoms with Crippen molar-refractivity contribution >= 4 is 47.9 Å². The molecule has 0 spiro atoms. The third-order valence-electron chi connectivity index (χ3n) is 4.45. The fourth-order valence-electron chi connectivity index (χ4n) is 2.97. The van der Waals surface area contributed by atoms with Gasteiger partial charge in [-0.05, 0) is 37.1 Å². The van der Waals surface area contributed by atoms with Gasteiger partial charge in [-0.15, -0.1) is 24.8 Å². The van der Waals surface area contributed by atoms with Crippen molar-refractivity contribution in [3.63, 3.8) is 0 Å². The summed E-state index contributed by atoms with van der Waals surface area (Å²) in [6.07, 6.45) is 6.56. The first-order valence-corrected chi connectivity index (χ1v) is 8.63. The van der Waals surface area contributed by atoms with Crippen LogP contribution in [0.25, 0.3) is 0 Å². The van der Waals surface area contributed by atoms with Crippen LogP contribution in [-0.4, -0.2) is 31.1 Å². The van der Waals surface area contributed by atoms with E-state index < -0.39 is 0 Å². The van der Waals surface area contributed by atoms with Gasteiger partial charge in [-0.1, -0.05) is 12.8 Å². The number of nitrogens with two attached hydrogens (primary N) is 1. The maximum Gasteiger partial charge on any atom is 0.257 e. The second kappa shape index (κ2) is 10.8. The van der Waals surface area contributed by atoms with Crippen LogP contribution in [0.15, 0.2) is 36.5 Å². The number of nitrogen functional groups attached to an aromatic ring is 1. The number of benzene rings is 1. The van der Waals surface area contributed by atoms with Gasteiger partial charge < -0.3 is 20.7 Å². The molecule has 27 heavy (non-hydrogen) atoms. The molecule has 1 aliphatic heterocycles. The zero-order valence-electron chi connectivity index (χ0n) is 15.3. The summed E-state index contributed by atoms with van der Waals surface area (Å²) in [7, 11) is 1.57. The van der Waals surface area contributed by atoms with E-state index in [2.05, 4.69) is 15.2 Å². The Morgan fingerprint density at radius 1 is 1.11 bits per heavy atom. The van der Waals surface area contributed by atoms with Crippen molar-refractivity contribution in [2.45, 2.75) is 25.7 Å². The van der Waals surface area contributed by atoms with E-state index in [-0.39, 0.29) is 30.7 Å². The zero-order valence-corrected chi connectivity index (χ0v) is 16.9. The zero-order chi connectivity index (χ0) is 17.6. The smallest absolute Gasteiger partial charge is 0.257 e. The Hall–Kier alpha value is -2.18. The van der Waals surface area contributed by atoms with Crippen molar-refractivity contribution < 1.29 is 9.53 Å². The lowest BCUT2D eigenvalue weighted by Gasteiger charge is -2.21. The standard InChI is InChI=1S/C19H24N4O2.2ClH/c1-25-15-7-8-16(20)17(12-15)22-19(24)14-6-9-18(21-13-14)23-10-4-2-3-5-11-23;;/h6-9,12-13H,2-5,10-11,20H2,1H3,(H,22,24);2*1H. The van der Waals surface area contributed by atoms with Crippen LogP contribution in [0.4, 0.5) is 17.2 Å². The van der Waals surface area contributed by atoms with Crippen molar-refractivity contribution in [2.75, 3.05) is 36.1 Å². The Bertz CT molecular complexity index is 733. The number of aromatic nitrogens is 1. The Morgan fingerprint density at radius 3 is 2.41 bits per heavy atom. The molecule has 2 heterocycles. The molecule has 1 aromatic heterocycles. The first kappa shape index (κ1) is 22.9. The van der Waals surface area contributed by atoms with Crippen LogP contribution in [-0.2, 0) is 0 Å². The van der Waals surface area contributed by atoms with E-state index in [1.165, 1.54) is 25.7 Å². The highest BCUT2D eigenvalue weighted by Crippen LogP contribution is 2.25. The van der Waals surface area contributed by atoms with Gasteiger partial charge in [0, 0.05) is 25.4 Å². The Labute approximate surface area is 172 Å². The number of halogens is 2. The van der Waals surface area contributed by atoms with Crippen LogP contribution in [0.1, 0.15) is 36.0 Å². The quantitative estimate of drug-likeness (QED) is 0.737. The van der Waals surface area contributed by atoms with Gasteiger partial charge in [0.05, 0.1) is 24.0 Å². The van der Waals surface area contributed by atoms with Gasteiger partial charge >= 0.3 is 0 Å². The molecule has 0 atom stereocenters. The van der Waals surface area contributed by atoms with Crippen molar-refractivity contribution in [2.24, 2.45) is 0 Å². The highest BCUT2D eigenvalue weighted by Gasteiger charge is 2.13. The summed E-state index contributed by atoms with van der Waals surface area (Å²) in [5.74, 6) is 1.33. The molecular weight excluding hydrogens is 387 g/mol. The maximum absolute atomic E-state index is 12.4. The normalized spacial score (nSPS) is 13.6. The summed E-state index contributed by atoms with van der Waals surface area (Å²) in [5.41, 5.74) is 7.43. The number of amides is 1. The lowest BCUT2D eigenvalue weighted by Crippen LogP contribution is -2.25. The second-order valence-corrected chi connectivity index (χ2v) is 6.21. The third-order valence-corrected chi connectivity index (χ3v) is 4.45. The van der Waals surface area contributed by atoms with E-state index >= 15 is 0 Å². The number of hydrogen-bond acceptors (Lipinski definition) is 5. The Morgan fingerprint density at radius 2 is 1.81 bits per heavy atom. The number of hydrogen-bond donors (Lipinski definition) is 2. The molecular formula is C19H26Cl2N4O2. The largest absolute Gasteiger partial charge is 0.497 e. The molecule has 2 aromatic rings. The van der Waals surface area contributed by atoms with Gasteiger partial charge in [0.2, 0.25) is 0 Å². The summed E-state index contributed by atoms with van der Waals surface area (Å²) in [5, 5.41) is 2.81. The number of carbonyl (C=O) groups is 1. The van der Waals surface area contributed by atoms with Gasteiger partial charge in [0.15, 0.2) is 0 Å². The monoisotopic (exact) mass is 412 g/mol. The van der Waals surface area contributed by atoms with Crippen molar-refractivity contribution in [3.05, 3.63) is 42.1 Å². The molecule has 8 heteroatoms. The molecule has 148 valence electrons. The molecule has 1 saturated heterocycles. The summed E-state index contributed by atoms with van der Waals surface area (Å²) < 4.78 is 5.17. The minimum absolute atomic E-state index is 0. The third kappa shape index (κ3) is 5.91. The molecule has 0 unspecified atom stereocenters. The summed E-state index contributed by atoms with van der Waals surface area (Å²) in [4.78, 5) is 19.2. The molecule has 1 fully saturated rings. The van der Waals surface area contributed by atoms with E-state index in [1.807, 2.05) is 6.07 Å². The maximum atomic E-state index is 12.4. The lowest BCUT2D eigenvalue weighted by atomic mass is 10.2. The molecule has 0 bridgehead atoms. The number of pyridine rings is 1. The second-order valence-electron chi connectivity index (χ2n) is 6.21. The van der Waals surface area contributed by atoms with Crippen LogP contribution in [0.3, 0.4) is 0 Å². The molecule has 0 radical (unpaired) electrons. The lowest BCUT2D eigenvalue weighted by molar-refractivity contribution is 0.102. The number of nitrogens with one attached hydrogen (secondary N) is 1. The molecule has 0 aliphatic carbocycles. The van der Waals surface area contributed by atoms with Gasteiger partial charge in [-0.3, -0.25) is 4.79 Å². The fraction of sp³-hybridized carbons (Fsp3) is 0.368. The van der Waals surface area contributed by atoms with E-state index in [4.69, 9.17) is 10.5 Å². The number of ether oxygens (including phenoxy) is 1. The summed E-state index contributed by atoms with van der Waals surface area (Å²) in [6, 6.07) is 8.87. The molecule has 0 saturated carbocycles. The highest BCUT2D eigenvalue weighted by atomic mass is 35.5. The number of anilines is 3. The van der Waals surface area contributed by atoms with Gasteiger partial charge in [0.25, 0.3) is 5.91 Å². The van der Waals surface area contributed by atoms with Crippen molar-refractivity contribution in [1.29, 1.82) is 0 Å². The molecule has 3 rings (SSSR count). The van der Waals surface area contributed by atoms with Crippen LogP contribution in [0.2, 0.25) is 0 Å². The number of carbonyl (C=O) groups excluding carboxylic acids is 1. The summed E-state index contributed by atoms with van der Waals surface area (Å²) >= 11 is 0. The van der Waals surface area contributed by atoms with E-state index in [0.717, 1.165) is 18.9 Å². The molecule has 3 N–H and O–H groups in total. The predicted molar refractivity (Wildman–Crippen MR) is 115 cm³/mol. The predicted octanol–water partition coefficient (Wildman–Crippen LogP) is 4.15. The topological polar surface area (TPSA) is 80.5 Å². The van der Waals surface area contributed by atoms with Gasteiger partial charge in [-0.2, -0.15) is 0 Å². The molecule has 1 aromatic carbocycles. The minimum atomic E-state index is -0.241. The Balaban J connectivity index is 0.00000182. The SMILES string of the molecule is COc1ccc(N)c(NC(=O)c2ccc(N3CCCCCC3)nc2)c1.Cl.Cl. The summed E-state index contributed by atoms with van der Waals surface area (Å²) in [6.45, 7) is 2.05. The first-order chi connectivity index (χ1) is 12.2. The number of rotatable bonds is 4. The minimum Gasteiger partial charge on any atom is -0.497 e. The van der Waals surface area contributed by atoms with Crippen LogP contribution < -0.4 is 20.7 Å². The van der Waals surface area contributed by atoms with E-state index in [9.17, 15) is 4.79 Å². The van der Waals surface area contributed by atoms with Crippen molar-refractivity contribution in [1.82, 2.24) is 4.98 Å². The van der Waals surface area contributed by atoms with Crippen LogP contribution >= 0.6 is 24.8 Å². The average Bonchev–Trinajstić information content (AvgIpc) is 2.93. The van der Waals surface area contributed by atoms with E-state index in [1.54, 1.807) is 37.6 Å². The number of nitrogens with zero attached hydrogens (tertiary/aromatic N) is 2. The molecule has 6 nitrogen and oxygen atoms in total. The first-order valence-electron chi connectivity index (χ1n) is 8.63. The fourth-order valence-corrected chi connectivity index (χ4v) is 2.97.